The number of hydrogen-bond donors (Lipinski definition) is 2. The highest BCUT2D eigenvalue weighted by molar-refractivity contribution is 6.33. The van der Waals surface area contributed by atoms with Crippen LogP contribution in [0, 0.1) is 0 Å². The Labute approximate surface area is 174 Å². The van der Waals surface area contributed by atoms with E-state index < -0.39 is 0 Å². The number of halogens is 2. The van der Waals surface area contributed by atoms with Crippen LogP contribution in [-0.2, 0) is 0 Å². The highest BCUT2D eigenvalue weighted by Crippen LogP contribution is 2.29. The van der Waals surface area contributed by atoms with Gasteiger partial charge in [-0.2, -0.15) is 0 Å². The van der Waals surface area contributed by atoms with Gasteiger partial charge in [-0.05, 0) is 59.7 Å². The molecule has 4 aromatic rings. The van der Waals surface area contributed by atoms with Crippen LogP contribution in [0.5, 0.6) is 0 Å². The quantitative estimate of drug-likeness (QED) is 0.350. The van der Waals surface area contributed by atoms with Crippen molar-refractivity contribution in [1.29, 1.82) is 0 Å². The number of para-hydroxylation sites is 2. The summed E-state index contributed by atoms with van der Waals surface area (Å²) in [6.45, 7) is 0. The third-order valence-corrected chi connectivity index (χ3v) is 5.07. The Balaban J connectivity index is 1.47. The van der Waals surface area contributed by atoms with Gasteiger partial charge in [0.1, 0.15) is 0 Å². The molecule has 138 valence electrons. The van der Waals surface area contributed by atoms with Crippen LogP contribution in [0.3, 0.4) is 0 Å². The molecule has 0 amide bonds. The Kier molecular flexibility index (Phi) is 5.52. The first kappa shape index (κ1) is 18.4. The van der Waals surface area contributed by atoms with E-state index in [0.29, 0.717) is 10.0 Å². The normalized spacial score (nSPS) is 10.5. The first-order valence-corrected chi connectivity index (χ1v) is 9.68. The van der Waals surface area contributed by atoms with Gasteiger partial charge in [-0.3, -0.25) is 0 Å². The van der Waals surface area contributed by atoms with Crippen molar-refractivity contribution < 1.29 is 0 Å². The minimum absolute atomic E-state index is 0.702. The van der Waals surface area contributed by atoms with E-state index in [1.54, 1.807) is 0 Å². The number of benzene rings is 4. The summed E-state index contributed by atoms with van der Waals surface area (Å²) >= 11 is 12.4. The van der Waals surface area contributed by atoms with E-state index in [1.807, 2.05) is 48.5 Å². The molecule has 28 heavy (non-hydrogen) atoms. The van der Waals surface area contributed by atoms with Gasteiger partial charge in [-0.1, -0.05) is 71.7 Å². The van der Waals surface area contributed by atoms with E-state index in [2.05, 4.69) is 59.2 Å². The highest BCUT2D eigenvalue weighted by Gasteiger charge is 2.03. The van der Waals surface area contributed by atoms with Crippen molar-refractivity contribution in [3.05, 3.63) is 107 Å². The van der Waals surface area contributed by atoms with Gasteiger partial charge in [0.05, 0.1) is 21.4 Å². The van der Waals surface area contributed by atoms with Crippen LogP contribution in [0.1, 0.15) is 0 Å². The summed E-state index contributed by atoms with van der Waals surface area (Å²) in [6.07, 6.45) is 0. The van der Waals surface area contributed by atoms with Crippen molar-refractivity contribution in [2.45, 2.75) is 0 Å². The fraction of sp³-hybridized carbons (Fsp3) is 0. The average Bonchev–Trinajstić information content (AvgIpc) is 2.73. The van der Waals surface area contributed by atoms with Crippen molar-refractivity contribution in [1.82, 2.24) is 0 Å². The second-order valence-electron chi connectivity index (χ2n) is 6.36. The predicted octanol–water partition coefficient (Wildman–Crippen LogP) is 8.15. The molecule has 0 spiro atoms. The molecular formula is C24H18Cl2N2. The smallest absolute Gasteiger partial charge is 0.0640 e. The van der Waals surface area contributed by atoms with E-state index in [4.69, 9.17) is 23.2 Å². The molecule has 0 saturated heterocycles. The van der Waals surface area contributed by atoms with Gasteiger partial charge in [0.2, 0.25) is 0 Å². The summed E-state index contributed by atoms with van der Waals surface area (Å²) < 4.78 is 0. The largest absolute Gasteiger partial charge is 0.354 e. The fourth-order valence-corrected chi connectivity index (χ4v) is 3.29. The number of rotatable bonds is 5. The molecule has 0 unspecified atom stereocenters. The third kappa shape index (κ3) is 4.30. The average molecular weight is 405 g/mol. The maximum Gasteiger partial charge on any atom is 0.0640 e. The summed E-state index contributed by atoms with van der Waals surface area (Å²) in [4.78, 5) is 0. The van der Waals surface area contributed by atoms with Gasteiger partial charge in [0.15, 0.2) is 0 Å². The Morgan fingerprint density at radius 2 is 0.786 bits per heavy atom. The van der Waals surface area contributed by atoms with Gasteiger partial charge in [0, 0.05) is 11.4 Å². The molecule has 4 rings (SSSR count). The molecule has 0 aliphatic rings. The van der Waals surface area contributed by atoms with Crippen LogP contribution in [0.25, 0.3) is 11.1 Å². The molecule has 2 nitrogen and oxygen atoms in total. The molecule has 4 heteroatoms. The zero-order valence-electron chi connectivity index (χ0n) is 15.0. The van der Waals surface area contributed by atoms with Crippen LogP contribution >= 0.6 is 23.2 Å². The predicted molar refractivity (Wildman–Crippen MR) is 121 cm³/mol. The molecule has 0 aromatic heterocycles. The SMILES string of the molecule is Clc1ccccc1Nc1ccc(-c2ccc(Nc3ccccc3Cl)cc2)cc1. The van der Waals surface area contributed by atoms with Crippen molar-refractivity contribution in [3.8, 4) is 11.1 Å². The van der Waals surface area contributed by atoms with Crippen LogP contribution in [0.4, 0.5) is 22.7 Å². The van der Waals surface area contributed by atoms with Crippen LogP contribution < -0.4 is 10.6 Å². The molecular weight excluding hydrogens is 387 g/mol. The zero-order valence-corrected chi connectivity index (χ0v) is 16.5. The monoisotopic (exact) mass is 404 g/mol. The van der Waals surface area contributed by atoms with E-state index in [-0.39, 0.29) is 0 Å². The van der Waals surface area contributed by atoms with E-state index in [9.17, 15) is 0 Å². The Bertz CT molecular complexity index is 985. The minimum Gasteiger partial charge on any atom is -0.354 e. The lowest BCUT2D eigenvalue weighted by molar-refractivity contribution is 1.52. The van der Waals surface area contributed by atoms with E-state index in [1.165, 1.54) is 0 Å². The molecule has 0 radical (unpaired) electrons. The second-order valence-corrected chi connectivity index (χ2v) is 7.18. The molecule has 2 N–H and O–H groups in total. The molecule has 0 fully saturated rings. The number of anilines is 4. The lowest BCUT2D eigenvalue weighted by Crippen LogP contribution is -1.91. The Morgan fingerprint density at radius 3 is 1.14 bits per heavy atom. The number of hydrogen-bond acceptors (Lipinski definition) is 2. The molecule has 0 heterocycles. The summed E-state index contributed by atoms with van der Waals surface area (Å²) in [5, 5.41) is 8.08. The van der Waals surface area contributed by atoms with Gasteiger partial charge < -0.3 is 10.6 Å². The van der Waals surface area contributed by atoms with Crippen LogP contribution in [0.15, 0.2) is 97.1 Å². The standard InChI is InChI=1S/C24H18Cl2N2/c25-21-5-1-3-7-23(21)27-19-13-9-17(10-14-19)18-11-15-20(16-12-18)28-24-8-4-2-6-22(24)26/h1-16,27-28H. The lowest BCUT2D eigenvalue weighted by atomic mass is 10.0. The van der Waals surface area contributed by atoms with Crippen LogP contribution in [0.2, 0.25) is 10.0 Å². The summed E-state index contributed by atoms with van der Waals surface area (Å²) in [5.74, 6) is 0. The summed E-state index contributed by atoms with van der Waals surface area (Å²) in [6, 6.07) is 32.0. The maximum absolute atomic E-state index is 6.21. The van der Waals surface area contributed by atoms with E-state index in [0.717, 1.165) is 33.9 Å². The van der Waals surface area contributed by atoms with Gasteiger partial charge >= 0.3 is 0 Å². The molecule has 0 bridgehead atoms. The summed E-state index contributed by atoms with van der Waals surface area (Å²) in [7, 11) is 0. The summed E-state index contributed by atoms with van der Waals surface area (Å²) in [5.41, 5.74) is 6.07. The van der Waals surface area contributed by atoms with Crippen molar-refractivity contribution in [2.24, 2.45) is 0 Å². The zero-order chi connectivity index (χ0) is 19.3. The van der Waals surface area contributed by atoms with Crippen molar-refractivity contribution in [2.75, 3.05) is 10.6 Å². The molecule has 4 aromatic carbocycles. The minimum atomic E-state index is 0.702. The maximum atomic E-state index is 6.21. The first-order valence-electron chi connectivity index (χ1n) is 8.93. The van der Waals surface area contributed by atoms with Gasteiger partial charge in [-0.15, -0.1) is 0 Å². The Hall–Kier alpha value is -2.94. The fourth-order valence-electron chi connectivity index (χ4n) is 2.93. The Morgan fingerprint density at radius 1 is 0.429 bits per heavy atom. The molecule has 0 aliphatic heterocycles. The molecule has 0 aliphatic carbocycles. The van der Waals surface area contributed by atoms with E-state index >= 15 is 0 Å². The van der Waals surface area contributed by atoms with Crippen molar-refractivity contribution in [3.63, 3.8) is 0 Å². The lowest BCUT2D eigenvalue weighted by Gasteiger charge is -2.11. The molecule has 0 saturated carbocycles. The highest BCUT2D eigenvalue weighted by atomic mass is 35.5. The van der Waals surface area contributed by atoms with Crippen molar-refractivity contribution >= 4 is 46.0 Å². The number of nitrogens with one attached hydrogen (secondary N) is 2. The van der Waals surface area contributed by atoms with Crippen LogP contribution in [-0.4, -0.2) is 0 Å². The van der Waals surface area contributed by atoms with Gasteiger partial charge in [0.25, 0.3) is 0 Å². The topological polar surface area (TPSA) is 24.1 Å². The second kappa shape index (κ2) is 8.39. The van der Waals surface area contributed by atoms with Gasteiger partial charge in [-0.25, -0.2) is 0 Å². The molecule has 0 atom stereocenters. The first-order chi connectivity index (χ1) is 13.7. The third-order valence-electron chi connectivity index (χ3n) is 4.41.